The van der Waals surface area contributed by atoms with Crippen LogP contribution in [0, 0.1) is 17.6 Å². The Morgan fingerprint density at radius 2 is 1.91 bits per heavy atom. The maximum atomic E-state index is 13.8. The van der Waals surface area contributed by atoms with Gasteiger partial charge in [-0.25, -0.2) is 17.2 Å². The van der Waals surface area contributed by atoms with Crippen LogP contribution in [0.15, 0.2) is 18.2 Å². The van der Waals surface area contributed by atoms with Gasteiger partial charge in [-0.05, 0) is 25.1 Å². The molecule has 0 amide bonds. The predicted molar refractivity (Wildman–Crippen MR) is 77.5 cm³/mol. The minimum absolute atomic E-state index is 0.0724. The first kappa shape index (κ1) is 18.5. The van der Waals surface area contributed by atoms with Gasteiger partial charge in [-0.1, -0.05) is 6.92 Å². The van der Waals surface area contributed by atoms with Crippen LogP contribution in [0.1, 0.15) is 25.5 Å². The van der Waals surface area contributed by atoms with Crippen molar-refractivity contribution in [1.82, 2.24) is 4.31 Å². The second-order valence-electron chi connectivity index (χ2n) is 5.06. The summed E-state index contributed by atoms with van der Waals surface area (Å²) in [6.07, 6.45) is 0. The number of esters is 1. The van der Waals surface area contributed by atoms with Crippen LogP contribution in [0.2, 0.25) is 0 Å². The van der Waals surface area contributed by atoms with Crippen molar-refractivity contribution < 1.29 is 26.7 Å². The highest BCUT2D eigenvalue weighted by Crippen LogP contribution is 2.25. The molecular weight excluding hydrogens is 316 g/mol. The Balaban J connectivity index is 3.00. The highest BCUT2D eigenvalue weighted by molar-refractivity contribution is 7.89. The molecule has 0 bridgehead atoms. The Morgan fingerprint density at radius 1 is 1.32 bits per heavy atom. The van der Waals surface area contributed by atoms with Gasteiger partial charge in [-0.15, -0.1) is 0 Å². The van der Waals surface area contributed by atoms with Crippen molar-refractivity contribution in [2.75, 3.05) is 19.9 Å². The molecule has 0 unspecified atom stereocenters. The maximum absolute atomic E-state index is 13.8. The molecule has 5 nitrogen and oxygen atoms in total. The molecule has 0 heterocycles. The van der Waals surface area contributed by atoms with E-state index in [2.05, 4.69) is 4.74 Å². The molecule has 1 aromatic rings. The van der Waals surface area contributed by atoms with Crippen molar-refractivity contribution >= 4 is 16.0 Å². The van der Waals surface area contributed by atoms with Crippen LogP contribution in [-0.4, -0.2) is 38.6 Å². The number of carbonyl (C=O) groups is 1. The van der Waals surface area contributed by atoms with Crippen molar-refractivity contribution in [3.8, 4) is 0 Å². The van der Waals surface area contributed by atoms with Crippen molar-refractivity contribution in [1.29, 1.82) is 0 Å². The summed E-state index contributed by atoms with van der Waals surface area (Å²) in [7, 11) is -1.42. The van der Waals surface area contributed by atoms with Crippen molar-refractivity contribution in [3.63, 3.8) is 0 Å². The predicted octanol–water partition coefficient (Wildman–Crippen LogP) is 2.10. The number of hydrogen-bond acceptors (Lipinski definition) is 4. The van der Waals surface area contributed by atoms with Crippen LogP contribution in [-0.2, 0) is 19.6 Å². The van der Waals surface area contributed by atoms with E-state index in [1.54, 1.807) is 0 Å². The molecule has 0 saturated carbocycles. The second-order valence-corrected chi connectivity index (χ2v) is 7.13. The van der Waals surface area contributed by atoms with Crippen LogP contribution in [0.3, 0.4) is 0 Å². The lowest BCUT2D eigenvalue weighted by molar-refractivity contribution is -0.144. The normalized spacial score (nSPS) is 14.7. The van der Waals surface area contributed by atoms with Gasteiger partial charge in [0.05, 0.1) is 18.8 Å². The van der Waals surface area contributed by atoms with Gasteiger partial charge in [0.15, 0.2) is 0 Å². The largest absolute Gasteiger partial charge is 0.469 e. The van der Waals surface area contributed by atoms with E-state index in [9.17, 15) is 22.0 Å². The molecule has 22 heavy (non-hydrogen) atoms. The SMILES string of the molecule is COC(=O)[C@H](C)CS(=O)(=O)N(C)[C@@H](C)c1cc(F)ccc1F. The Hall–Kier alpha value is -1.54. The van der Waals surface area contributed by atoms with Gasteiger partial charge in [0.1, 0.15) is 11.6 Å². The number of sulfonamides is 1. The Bertz CT molecular complexity index is 648. The number of rotatable bonds is 6. The highest BCUT2D eigenvalue weighted by atomic mass is 32.2. The molecule has 0 N–H and O–H groups in total. The quantitative estimate of drug-likeness (QED) is 0.747. The first-order chi connectivity index (χ1) is 10.1. The molecule has 0 radical (unpaired) electrons. The molecule has 0 saturated heterocycles. The van der Waals surface area contributed by atoms with Crippen LogP contribution in [0.25, 0.3) is 0 Å². The zero-order valence-corrected chi connectivity index (χ0v) is 13.7. The van der Waals surface area contributed by atoms with Gasteiger partial charge in [0, 0.05) is 18.7 Å². The third-order valence-corrected chi connectivity index (χ3v) is 5.57. The van der Waals surface area contributed by atoms with Crippen molar-refractivity contribution in [2.45, 2.75) is 19.9 Å². The minimum atomic E-state index is -3.85. The summed E-state index contributed by atoms with van der Waals surface area (Å²) in [5.41, 5.74) is -0.0724. The van der Waals surface area contributed by atoms with Gasteiger partial charge >= 0.3 is 5.97 Å². The smallest absolute Gasteiger partial charge is 0.309 e. The van der Waals surface area contributed by atoms with E-state index >= 15 is 0 Å². The van der Waals surface area contributed by atoms with E-state index in [4.69, 9.17) is 0 Å². The fourth-order valence-electron chi connectivity index (χ4n) is 1.97. The summed E-state index contributed by atoms with van der Waals surface area (Å²) < 4.78 is 56.9. The highest BCUT2D eigenvalue weighted by Gasteiger charge is 2.30. The lowest BCUT2D eigenvalue weighted by Gasteiger charge is -2.26. The lowest BCUT2D eigenvalue weighted by Crippen LogP contribution is -2.36. The van der Waals surface area contributed by atoms with E-state index in [0.29, 0.717) is 0 Å². The van der Waals surface area contributed by atoms with Gasteiger partial charge < -0.3 is 4.74 Å². The topological polar surface area (TPSA) is 63.7 Å². The Kier molecular flexibility index (Phi) is 6.01. The number of carbonyl (C=O) groups excluding carboxylic acids is 1. The average molecular weight is 335 g/mol. The second kappa shape index (κ2) is 7.15. The number of ether oxygens (including phenoxy) is 1. The Morgan fingerprint density at radius 3 is 2.45 bits per heavy atom. The number of hydrogen-bond donors (Lipinski definition) is 0. The van der Waals surface area contributed by atoms with Crippen LogP contribution in [0.4, 0.5) is 8.78 Å². The summed E-state index contributed by atoms with van der Waals surface area (Å²) in [5.74, 6) is -3.34. The molecule has 0 aliphatic rings. The van der Waals surface area contributed by atoms with E-state index in [0.717, 1.165) is 22.5 Å². The molecule has 2 atom stereocenters. The van der Waals surface area contributed by atoms with Crippen molar-refractivity contribution in [2.24, 2.45) is 5.92 Å². The lowest BCUT2D eigenvalue weighted by atomic mass is 10.1. The fourth-order valence-corrected chi connectivity index (χ4v) is 3.57. The molecule has 124 valence electrons. The molecule has 0 aliphatic carbocycles. The molecular formula is C14H19F2NO4S. The van der Waals surface area contributed by atoms with Crippen molar-refractivity contribution in [3.05, 3.63) is 35.4 Å². The standard InChI is InChI=1S/C14H19F2NO4S/c1-9(14(18)21-4)8-22(19,20)17(3)10(2)12-7-11(15)5-6-13(12)16/h5-7,9-10H,8H2,1-4H3/t9-,10+/m1/s1. The molecule has 0 spiro atoms. The maximum Gasteiger partial charge on any atom is 0.309 e. The molecule has 1 aromatic carbocycles. The van der Waals surface area contributed by atoms with Gasteiger partial charge in [0.25, 0.3) is 0 Å². The van der Waals surface area contributed by atoms with E-state index < -0.39 is 45.3 Å². The first-order valence-corrected chi connectivity index (χ1v) is 8.19. The molecule has 1 rings (SSSR count). The van der Waals surface area contributed by atoms with Gasteiger partial charge in [-0.3, -0.25) is 4.79 Å². The summed E-state index contributed by atoms with van der Waals surface area (Å²) in [6.45, 7) is 2.86. The number of nitrogens with zero attached hydrogens (tertiary/aromatic N) is 1. The number of benzene rings is 1. The third-order valence-electron chi connectivity index (χ3n) is 3.46. The van der Waals surface area contributed by atoms with Crippen LogP contribution in [0.5, 0.6) is 0 Å². The summed E-state index contributed by atoms with van der Waals surface area (Å²) >= 11 is 0. The fraction of sp³-hybridized carbons (Fsp3) is 0.500. The number of halogens is 2. The van der Waals surface area contributed by atoms with Crippen LogP contribution < -0.4 is 0 Å². The zero-order chi connectivity index (χ0) is 17.1. The minimum Gasteiger partial charge on any atom is -0.469 e. The van der Waals surface area contributed by atoms with Crippen LogP contribution >= 0.6 is 0 Å². The van der Waals surface area contributed by atoms with E-state index in [1.807, 2.05) is 0 Å². The van der Waals surface area contributed by atoms with Gasteiger partial charge in [0.2, 0.25) is 10.0 Å². The molecule has 0 fully saturated rings. The molecule has 0 aromatic heterocycles. The monoisotopic (exact) mass is 335 g/mol. The zero-order valence-electron chi connectivity index (χ0n) is 12.8. The number of methoxy groups -OCH3 is 1. The van der Waals surface area contributed by atoms with Gasteiger partial charge in [-0.2, -0.15) is 4.31 Å². The third kappa shape index (κ3) is 4.23. The summed E-state index contributed by atoms with van der Waals surface area (Å²) in [6, 6.07) is 1.94. The summed E-state index contributed by atoms with van der Waals surface area (Å²) in [4.78, 5) is 11.3. The Labute approximate surface area is 128 Å². The average Bonchev–Trinajstić information content (AvgIpc) is 2.46. The first-order valence-electron chi connectivity index (χ1n) is 6.58. The van der Waals surface area contributed by atoms with E-state index in [-0.39, 0.29) is 5.56 Å². The summed E-state index contributed by atoms with van der Waals surface area (Å²) in [5, 5.41) is 0. The molecule has 0 aliphatic heterocycles. The molecule has 8 heteroatoms. The van der Waals surface area contributed by atoms with E-state index in [1.165, 1.54) is 28.0 Å².